The minimum absolute atomic E-state index is 0. The first kappa shape index (κ1) is 14.9. The molecule has 0 unspecified atom stereocenters. The number of hydrogen-bond donors (Lipinski definition) is 2. The van der Waals surface area contributed by atoms with Crippen LogP contribution in [0.25, 0.3) is 0 Å². The Hall–Kier alpha value is -0.610. The maximum atomic E-state index is 11.0. The summed E-state index contributed by atoms with van der Waals surface area (Å²) in [6.45, 7) is 8.81. The average molecular weight is 190 g/mol. The van der Waals surface area contributed by atoms with Crippen molar-refractivity contribution >= 4 is 5.97 Å². The third kappa shape index (κ3) is 11.4. The van der Waals surface area contributed by atoms with E-state index in [-0.39, 0.29) is 12.1 Å². The van der Waals surface area contributed by atoms with E-state index >= 15 is 0 Å². The predicted molar refractivity (Wildman–Crippen MR) is 53.4 cm³/mol. The van der Waals surface area contributed by atoms with Crippen LogP contribution < -0.4 is 11.6 Å². The fourth-order valence-electron chi connectivity index (χ4n) is 0.664. The largest absolute Gasteiger partial charge is 0.371 e. The molecule has 80 valence electrons. The Morgan fingerprint density at radius 3 is 2.15 bits per heavy atom. The van der Waals surface area contributed by atoms with Crippen LogP contribution in [0.2, 0.25) is 0 Å². The second-order valence-electron chi connectivity index (χ2n) is 3.81. The monoisotopic (exact) mass is 190 g/mol. The molecule has 0 atom stereocenters. The first-order valence-corrected chi connectivity index (χ1v) is 4.45. The summed E-state index contributed by atoms with van der Waals surface area (Å²) in [5.41, 5.74) is 2.64. The van der Waals surface area contributed by atoms with Crippen molar-refractivity contribution in [3.05, 3.63) is 0 Å². The quantitative estimate of drug-likeness (QED) is 0.649. The van der Waals surface area contributed by atoms with Gasteiger partial charge < -0.3 is 11.0 Å². The average Bonchev–Trinajstić information content (AvgIpc) is 1.84. The molecule has 0 aliphatic heterocycles. The van der Waals surface area contributed by atoms with E-state index in [1.807, 2.05) is 13.8 Å². The molecule has 0 radical (unpaired) electrons. The SMILES string of the molecule is CC(C)CNOC(=O)CC(C)C.N. The molecule has 4 N–H and O–H groups in total. The van der Waals surface area contributed by atoms with Crippen molar-refractivity contribution in [1.29, 1.82) is 0 Å². The minimum atomic E-state index is -0.175. The van der Waals surface area contributed by atoms with Gasteiger partial charge in [0.2, 0.25) is 0 Å². The van der Waals surface area contributed by atoms with Gasteiger partial charge in [-0.3, -0.25) is 4.79 Å². The van der Waals surface area contributed by atoms with Crippen LogP contribution >= 0.6 is 0 Å². The number of hydrogen-bond acceptors (Lipinski definition) is 4. The van der Waals surface area contributed by atoms with Crippen LogP contribution in [0.15, 0.2) is 0 Å². The van der Waals surface area contributed by atoms with Gasteiger partial charge in [-0.1, -0.05) is 27.7 Å². The Kier molecular flexibility index (Phi) is 9.17. The fourth-order valence-corrected chi connectivity index (χ4v) is 0.664. The number of nitrogens with one attached hydrogen (secondary N) is 1. The molecule has 0 fully saturated rings. The zero-order valence-corrected chi connectivity index (χ0v) is 9.09. The highest BCUT2D eigenvalue weighted by molar-refractivity contribution is 5.69. The second kappa shape index (κ2) is 8.01. The maximum absolute atomic E-state index is 11.0. The second-order valence-corrected chi connectivity index (χ2v) is 3.81. The highest BCUT2D eigenvalue weighted by atomic mass is 16.7. The Labute approximate surface area is 80.6 Å². The lowest BCUT2D eigenvalue weighted by molar-refractivity contribution is -0.152. The number of rotatable bonds is 5. The standard InChI is InChI=1S/C9H19NO2.H3N/c1-7(2)5-9(11)12-10-6-8(3)4;/h7-8,10H,5-6H2,1-4H3;1H3. The van der Waals surface area contributed by atoms with Crippen LogP contribution in [-0.4, -0.2) is 12.5 Å². The van der Waals surface area contributed by atoms with Gasteiger partial charge in [0.15, 0.2) is 0 Å². The number of carbonyl (C=O) groups is 1. The Morgan fingerprint density at radius 2 is 1.77 bits per heavy atom. The number of carbonyl (C=O) groups excluding carboxylic acids is 1. The van der Waals surface area contributed by atoms with Crippen LogP contribution in [0.1, 0.15) is 34.1 Å². The molecular weight excluding hydrogens is 168 g/mol. The minimum Gasteiger partial charge on any atom is -0.371 e. The summed E-state index contributed by atoms with van der Waals surface area (Å²) in [6, 6.07) is 0. The predicted octanol–water partition coefficient (Wildman–Crippen LogP) is 1.90. The van der Waals surface area contributed by atoms with Gasteiger partial charge in [-0.05, 0) is 11.8 Å². The molecule has 0 aromatic carbocycles. The van der Waals surface area contributed by atoms with E-state index in [0.717, 1.165) is 0 Å². The highest BCUT2D eigenvalue weighted by Crippen LogP contribution is 1.99. The van der Waals surface area contributed by atoms with Gasteiger partial charge in [0.05, 0.1) is 0 Å². The molecule has 0 saturated carbocycles. The molecule has 4 heteroatoms. The summed E-state index contributed by atoms with van der Waals surface area (Å²) >= 11 is 0. The summed E-state index contributed by atoms with van der Waals surface area (Å²) in [5, 5.41) is 0. The van der Waals surface area contributed by atoms with Crippen LogP contribution in [0.3, 0.4) is 0 Å². The smallest absolute Gasteiger partial charge is 0.324 e. The Balaban J connectivity index is 0. The molecule has 0 aromatic rings. The van der Waals surface area contributed by atoms with E-state index in [9.17, 15) is 4.79 Å². The Bertz CT molecular complexity index is 136. The zero-order valence-electron chi connectivity index (χ0n) is 9.09. The third-order valence-electron chi connectivity index (χ3n) is 1.25. The molecular formula is C9H22N2O2. The van der Waals surface area contributed by atoms with E-state index in [4.69, 9.17) is 4.84 Å². The van der Waals surface area contributed by atoms with Gasteiger partial charge in [-0.15, -0.1) is 0 Å². The van der Waals surface area contributed by atoms with Gasteiger partial charge in [0, 0.05) is 13.0 Å². The molecule has 0 spiro atoms. The van der Waals surface area contributed by atoms with E-state index in [0.29, 0.717) is 24.8 Å². The van der Waals surface area contributed by atoms with Crippen LogP contribution in [-0.2, 0) is 9.63 Å². The molecule has 0 aromatic heterocycles. The molecule has 0 bridgehead atoms. The highest BCUT2D eigenvalue weighted by Gasteiger charge is 2.05. The summed E-state index contributed by atoms with van der Waals surface area (Å²) in [4.78, 5) is 15.7. The molecule has 0 saturated heterocycles. The van der Waals surface area contributed by atoms with Crippen LogP contribution in [0.5, 0.6) is 0 Å². The first-order valence-electron chi connectivity index (χ1n) is 4.45. The lowest BCUT2D eigenvalue weighted by Gasteiger charge is -2.08. The molecule has 0 aliphatic carbocycles. The lowest BCUT2D eigenvalue weighted by atomic mass is 10.1. The maximum Gasteiger partial charge on any atom is 0.324 e. The van der Waals surface area contributed by atoms with Crippen molar-refractivity contribution in [2.75, 3.05) is 6.54 Å². The van der Waals surface area contributed by atoms with E-state index in [2.05, 4.69) is 19.3 Å². The fraction of sp³-hybridized carbons (Fsp3) is 0.889. The van der Waals surface area contributed by atoms with Crippen molar-refractivity contribution in [1.82, 2.24) is 11.6 Å². The van der Waals surface area contributed by atoms with E-state index in [1.54, 1.807) is 0 Å². The summed E-state index contributed by atoms with van der Waals surface area (Å²) < 4.78 is 0. The first-order chi connectivity index (χ1) is 5.52. The van der Waals surface area contributed by atoms with E-state index < -0.39 is 0 Å². The molecule has 0 amide bonds. The van der Waals surface area contributed by atoms with Crippen molar-refractivity contribution in [2.45, 2.75) is 34.1 Å². The number of hydroxylamine groups is 1. The molecule has 0 rings (SSSR count). The van der Waals surface area contributed by atoms with Crippen LogP contribution in [0, 0.1) is 11.8 Å². The summed E-state index contributed by atoms with van der Waals surface area (Å²) in [7, 11) is 0. The normalized spacial score (nSPS) is 10.0. The van der Waals surface area contributed by atoms with Gasteiger partial charge in [-0.2, -0.15) is 5.48 Å². The van der Waals surface area contributed by atoms with Gasteiger partial charge >= 0.3 is 5.97 Å². The van der Waals surface area contributed by atoms with Crippen LogP contribution in [0.4, 0.5) is 0 Å². The topological polar surface area (TPSA) is 73.3 Å². The van der Waals surface area contributed by atoms with Gasteiger partial charge in [-0.25, -0.2) is 0 Å². The zero-order chi connectivity index (χ0) is 9.56. The molecule has 0 heterocycles. The summed E-state index contributed by atoms with van der Waals surface area (Å²) in [5.74, 6) is 0.681. The van der Waals surface area contributed by atoms with Crippen molar-refractivity contribution in [3.63, 3.8) is 0 Å². The summed E-state index contributed by atoms with van der Waals surface area (Å²) in [6.07, 6.45) is 0.477. The molecule has 0 aliphatic rings. The van der Waals surface area contributed by atoms with Gasteiger partial charge in [0.25, 0.3) is 0 Å². The lowest BCUT2D eigenvalue weighted by Crippen LogP contribution is -2.24. The van der Waals surface area contributed by atoms with Gasteiger partial charge in [0.1, 0.15) is 0 Å². The molecule has 4 nitrogen and oxygen atoms in total. The third-order valence-corrected chi connectivity index (χ3v) is 1.25. The van der Waals surface area contributed by atoms with Crippen molar-refractivity contribution < 1.29 is 9.63 Å². The molecule has 13 heavy (non-hydrogen) atoms. The van der Waals surface area contributed by atoms with E-state index in [1.165, 1.54) is 0 Å². The Morgan fingerprint density at radius 1 is 1.23 bits per heavy atom. The van der Waals surface area contributed by atoms with Crippen molar-refractivity contribution in [3.8, 4) is 0 Å². The van der Waals surface area contributed by atoms with Crippen molar-refractivity contribution in [2.24, 2.45) is 11.8 Å².